The Bertz CT molecular complexity index is 395. The summed E-state index contributed by atoms with van der Waals surface area (Å²) >= 11 is 0. The highest BCUT2D eigenvalue weighted by Gasteiger charge is 2.24. The SMILES string of the molecule is CCN(CCNC(=O)N1CCCC(CO)C1)C(=O)OC(C)(C)C. The number of amides is 3. The van der Waals surface area contributed by atoms with Gasteiger partial charge in [-0.2, -0.15) is 0 Å². The van der Waals surface area contributed by atoms with Crippen LogP contribution in [0.5, 0.6) is 0 Å². The third kappa shape index (κ3) is 7.07. The number of hydrogen-bond acceptors (Lipinski definition) is 4. The average Bonchev–Trinajstić information content (AvgIpc) is 2.49. The first-order chi connectivity index (χ1) is 10.8. The molecule has 1 atom stereocenters. The molecule has 1 unspecified atom stereocenters. The van der Waals surface area contributed by atoms with Crippen LogP contribution in [0.15, 0.2) is 0 Å². The number of carbonyl (C=O) groups excluding carboxylic acids is 2. The molecule has 0 radical (unpaired) electrons. The van der Waals surface area contributed by atoms with Crippen LogP contribution < -0.4 is 5.32 Å². The van der Waals surface area contributed by atoms with Crippen LogP contribution in [0.4, 0.5) is 9.59 Å². The number of aliphatic hydroxyl groups excluding tert-OH is 1. The first-order valence-corrected chi connectivity index (χ1v) is 8.38. The molecule has 0 aromatic heterocycles. The topological polar surface area (TPSA) is 82.1 Å². The summed E-state index contributed by atoms with van der Waals surface area (Å²) in [7, 11) is 0. The zero-order chi connectivity index (χ0) is 17.5. The van der Waals surface area contributed by atoms with E-state index in [2.05, 4.69) is 5.32 Å². The van der Waals surface area contributed by atoms with Crippen LogP contribution >= 0.6 is 0 Å². The minimum atomic E-state index is -0.527. The van der Waals surface area contributed by atoms with Gasteiger partial charge in [0, 0.05) is 39.3 Å². The number of nitrogens with one attached hydrogen (secondary N) is 1. The summed E-state index contributed by atoms with van der Waals surface area (Å²) in [6.07, 6.45) is 1.51. The van der Waals surface area contributed by atoms with Gasteiger partial charge in [0.05, 0.1) is 0 Å². The van der Waals surface area contributed by atoms with Gasteiger partial charge in [0.1, 0.15) is 5.60 Å². The number of rotatable bonds is 5. The maximum absolute atomic E-state index is 12.1. The molecular weight excluding hydrogens is 298 g/mol. The molecule has 23 heavy (non-hydrogen) atoms. The predicted molar refractivity (Wildman–Crippen MR) is 88.3 cm³/mol. The van der Waals surface area contributed by atoms with Crippen LogP contribution in [-0.2, 0) is 4.74 Å². The van der Waals surface area contributed by atoms with Crippen molar-refractivity contribution in [2.24, 2.45) is 5.92 Å². The monoisotopic (exact) mass is 329 g/mol. The van der Waals surface area contributed by atoms with E-state index in [1.165, 1.54) is 0 Å². The summed E-state index contributed by atoms with van der Waals surface area (Å²) in [5.41, 5.74) is -0.527. The molecule has 7 heteroatoms. The lowest BCUT2D eigenvalue weighted by molar-refractivity contribution is 0.0261. The van der Waals surface area contributed by atoms with Gasteiger partial charge in [0.2, 0.25) is 0 Å². The summed E-state index contributed by atoms with van der Waals surface area (Å²) in [4.78, 5) is 27.4. The van der Waals surface area contributed by atoms with Crippen LogP contribution in [0.1, 0.15) is 40.5 Å². The number of ether oxygens (including phenoxy) is 1. The van der Waals surface area contributed by atoms with Crippen molar-refractivity contribution < 1.29 is 19.4 Å². The summed E-state index contributed by atoms with van der Waals surface area (Å²) in [6, 6.07) is -0.136. The molecule has 1 heterocycles. The van der Waals surface area contributed by atoms with Gasteiger partial charge < -0.3 is 25.0 Å². The molecule has 0 aromatic rings. The quantitative estimate of drug-likeness (QED) is 0.803. The lowest BCUT2D eigenvalue weighted by Gasteiger charge is -2.32. The van der Waals surface area contributed by atoms with Gasteiger partial charge in [-0.1, -0.05) is 0 Å². The van der Waals surface area contributed by atoms with E-state index in [1.54, 1.807) is 9.80 Å². The zero-order valence-electron chi connectivity index (χ0n) is 14.8. The van der Waals surface area contributed by atoms with Gasteiger partial charge in [-0.3, -0.25) is 0 Å². The van der Waals surface area contributed by atoms with Crippen LogP contribution in [-0.4, -0.2) is 72.0 Å². The first kappa shape index (κ1) is 19.5. The second-order valence-corrected chi connectivity index (χ2v) is 6.93. The van der Waals surface area contributed by atoms with Crippen LogP contribution in [0.3, 0.4) is 0 Å². The second kappa shape index (κ2) is 8.96. The molecule has 3 amide bonds. The van der Waals surface area contributed by atoms with E-state index >= 15 is 0 Å². The van der Waals surface area contributed by atoms with Crippen molar-refractivity contribution in [3.63, 3.8) is 0 Å². The maximum atomic E-state index is 12.1. The van der Waals surface area contributed by atoms with Gasteiger partial charge in [-0.25, -0.2) is 9.59 Å². The molecule has 1 fully saturated rings. The molecule has 0 aromatic carbocycles. The zero-order valence-corrected chi connectivity index (χ0v) is 14.8. The molecule has 0 saturated carbocycles. The lowest BCUT2D eigenvalue weighted by atomic mass is 9.99. The van der Waals surface area contributed by atoms with E-state index in [-0.39, 0.29) is 24.6 Å². The fourth-order valence-electron chi connectivity index (χ4n) is 2.51. The Kier molecular flexibility index (Phi) is 7.61. The number of hydrogen-bond donors (Lipinski definition) is 2. The van der Waals surface area contributed by atoms with E-state index in [0.29, 0.717) is 32.7 Å². The van der Waals surface area contributed by atoms with E-state index in [9.17, 15) is 14.7 Å². The number of piperidine rings is 1. The highest BCUT2D eigenvalue weighted by atomic mass is 16.6. The van der Waals surface area contributed by atoms with E-state index < -0.39 is 5.60 Å². The third-order valence-electron chi connectivity index (χ3n) is 3.76. The van der Waals surface area contributed by atoms with Crippen LogP contribution in [0.25, 0.3) is 0 Å². The van der Waals surface area contributed by atoms with Crippen LogP contribution in [0, 0.1) is 5.92 Å². The van der Waals surface area contributed by atoms with Gasteiger partial charge in [0.15, 0.2) is 0 Å². The molecule has 1 aliphatic rings. The van der Waals surface area contributed by atoms with Crippen molar-refractivity contribution in [1.29, 1.82) is 0 Å². The molecule has 0 bridgehead atoms. The number of nitrogens with zero attached hydrogens (tertiary/aromatic N) is 2. The van der Waals surface area contributed by atoms with E-state index in [4.69, 9.17) is 4.74 Å². The molecule has 1 aliphatic heterocycles. The minimum absolute atomic E-state index is 0.117. The van der Waals surface area contributed by atoms with Crippen LogP contribution in [0.2, 0.25) is 0 Å². The minimum Gasteiger partial charge on any atom is -0.444 e. The Hall–Kier alpha value is -1.50. The highest BCUT2D eigenvalue weighted by Crippen LogP contribution is 2.15. The molecule has 0 spiro atoms. The van der Waals surface area contributed by atoms with Gasteiger partial charge in [0.25, 0.3) is 0 Å². The molecule has 7 nitrogen and oxygen atoms in total. The number of urea groups is 1. The largest absolute Gasteiger partial charge is 0.444 e. The van der Waals surface area contributed by atoms with Gasteiger partial charge in [-0.05, 0) is 46.5 Å². The highest BCUT2D eigenvalue weighted by molar-refractivity contribution is 5.74. The Morgan fingerprint density at radius 3 is 2.65 bits per heavy atom. The molecule has 2 N–H and O–H groups in total. The fraction of sp³-hybridized carbons (Fsp3) is 0.875. The van der Waals surface area contributed by atoms with E-state index in [0.717, 1.165) is 12.8 Å². The smallest absolute Gasteiger partial charge is 0.410 e. The predicted octanol–water partition coefficient (Wildman–Crippen LogP) is 1.66. The van der Waals surface area contributed by atoms with Crippen molar-refractivity contribution in [3.8, 4) is 0 Å². The Labute approximate surface area is 139 Å². The molecule has 1 saturated heterocycles. The molecule has 0 aliphatic carbocycles. The van der Waals surface area contributed by atoms with Crippen molar-refractivity contribution in [2.45, 2.75) is 46.1 Å². The van der Waals surface area contributed by atoms with E-state index in [1.807, 2.05) is 27.7 Å². The average molecular weight is 329 g/mol. The number of likely N-dealkylation sites (tertiary alicyclic amines) is 1. The summed E-state index contributed by atoms with van der Waals surface area (Å²) < 4.78 is 5.33. The summed E-state index contributed by atoms with van der Waals surface area (Å²) in [6.45, 7) is 10.1. The second-order valence-electron chi connectivity index (χ2n) is 6.93. The molecule has 134 valence electrons. The summed E-state index contributed by atoms with van der Waals surface area (Å²) in [5.74, 6) is 0.170. The number of likely N-dealkylation sites (N-methyl/N-ethyl adjacent to an activating group) is 1. The Balaban J connectivity index is 2.36. The fourth-order valence-corrected chi connectivity index (χ4v) is 2.51. The Morgan fingerprint density at radius 1 is 1.39 bits per heavy atom. The molecule has 1 rings (SSSR count). The number of carbonyl (C=O) groups is 2. The molecular formula is C16H31N3O4. The summed E-state index contributed by atoms with van der Waals surface area (Å²) in [5, 5.41) is 12.0. The van der Waals surface area contributed by atoms with Gasteiger partial charge in [-0.15, -0.1) is 0 Å². The van der Waals surface area contributed by atoms with Gasteiger partial charge >= 0.3 is 12.1 Å². The van der Waals surface area contributed by atoms with Crippen molar-refractivity contribution in [3.05, 3.63) is 0 Å². The normalized spacial score (nSPS) is 18.5. The lowest BCUT2D eigenvalue weighted by Crippen LogP contribution is -2.48. The van der Waals surface area contributed by atoms with Crippen molar-refractivity contribution in [2.75, 3.05) is 39.3 Å². The first-order valence-electron chi connectivity index (χ1n) is 8.38. The third-order valence-corrected chi connectivity index (χ3v) is 3.76. The maximum Gasteiger partial charge on any atom is 0.410 e. The Morgan fingerprint density at radius 2 is 2.09 bits per heavy atom. The number of aliphatic hydroxyl groups is 1. The van der Waals surface area contributed by atoms with Crippen molar-refractivity contribution in [1.82, 2.24) is 15.1 Å². The van der Waals surface area contributed by atoms with Crippen molar-refractivity contribution >= 4 is 12.1 Å². The standard InChI is InChI=1S/C16H31N3O4/c1-5-18(15(22)23-16(2,3)4)10-8-17-14(21)19-9-6-7-13(11-19)12-20/h13,20H,5-12H2,1-4H3,(H,17,21).